The van der Waals surface area contributed by atoms with E-state index in [1.165, 1.54) is 0 Å². The molecular weight excluding hydrogens is 230 g/mol. The minimum Gasteiger partial charge on any atom is -0.461 e. The molecular formula is C10H12ClN3O2. The SMILES string of the molecule is CCOC(=O)c1c(Cl)c2c(n1C)C=NCN2. The molecule has 0 unspecified atom stereocenters. The summed E-state index contributed by atoms with van der Waals surface area (Å²) in [6, 6.07) is 0. The molecule has 1 N–H and O–H groups in total. The maximum atomic E-state index is 11.7. The molecule has 0 amide bonds. The number of halogens is 1. The number of carbonyl (C=O) groups is 1. The van der Waals surface area contributed by atoms with Crippen LogP contribution in [0.5, 0.6) is 0 Å². The van der Waals surface area contributed by atoms with Crippen molar-refractivity contribution in [2.45, 2.75) is 6.92 Å². The van der Waals surface area contributed by atoms with E-state index in [0.29, 0.717) is 24.0 Å². The average molecular weight is 242 g/mol. The van der Waals surface area contributed by atoms with E-state index >= 15 is 0 Å². The lowest BCUT2D eigenvalue weighted by Crippen LogP contribution is -2.12. The van der Waals surface area contributed by atoms with E-state index in [9.17, 15) is 4.79 Å². The predicted molar refractivity (Wildman–Crippen MR) is 62.5 cm³/mol. The normalized spacial score (nSPS) is 13.2. The molecule has 0 atom stereocenters. The Morgan fingerprint density at radius 2 is 2.50 bits per heavy atom. The highest BCUT2D eigenvalue weighted by atomic mass is 35.5. The lowest BCUT2D eigenvalue weighted by molar-refractivity contribution is 0.0515. The summed E-state index contributed by atoms with van der Waals surface area (Å²) in [5, 5.41) is 3.42. The van der Waals surface area contributed by atoms with E-state index in [1.54, 1.807) is 24.8 Å². The van der Waals surface area contributed by atoms with Crippen molar-refractivity contribution < 1.29 is 9.53 Å². The van der Waals surface area contributed by atoms with Gasteiger partial charge in [-0.15, -0.1) is 0 Å². The largest absolute Gasteiger partial charge is 0.461 e. The van der Waals surface area contributed by atoms with Crippen molar-refractivity contribution in [1.82, 2.24) is 4.57 Å². The topological polar surface area (TPSA) is 55.6 Å². The van der Waals surface area contributed by atoms with Crippen LogP contribution in [0.15, 0.2) is 4.99 Å². The van der Waals surface area contributed by atoms with Gasteiger partial charge in [-0.25, -0.2) is 4.79 Å². The lowest BCUT2D eigenvalue weighted by Gasteiger charge is -2.08. The molecule has 2 heterocycles. The summed E-state index contributed by atoms with van der Waals surface area (Å²) in [6.07, 6.45) is 1.69. The van der Waals surface area contributed by atoms with Gasteiger partial charge in [-0.05, 0) is 6.92 Å². The van der Waals surface area contributed by atoms with Crippen LogP contribution in [0, 0.1) is 0 Å². The minimum absolute atomic E-state index is 0.326. The van der Waals surface area contributed by atoms with Crippen LogP contribution < -0.4 is 5.32 Å². The molecule has 1 aromatic heterocycles. The molecule has 2 rings (SSSR count). The Morgan fingerprint density at radius 3 is 3.12 bits per heavy atom. The molecule has 0 aliphatic carbocycles. The van der Waals surface area contributed by atoms with Gasteiger partial charge >= 0.3 is 5.97 Å². The summed E-state index contributed by atoms with van der Waals surface area (Å²) in [6.45, 7) is 2.56. The Morgan fingerprint density at radius 1 is 1.75 bits per heavy atom. The Labute approximate surface area is 98.1 Å². The number of nitrogens with zero attached hydrogens (tertiary/aromatic N) is 2. The van der Waals surface area contributed by atoms with Crippen LogP contribution in [0.1, 0.15) is 23.1 Å². The van der Waals surface area contributed by atoms with Crippen LogP contribution in [0.3, 0.4) is 0 Å². The number of anilines is 1. The van der Waals surface area contributed by atoms with Crippen LogP contribution in [-0.2, 0) is 11.8 Å². The van der Waals surface area contributed by atoms with Gasteiger partial charge in [0.05, 0.1) is 23.0 Å². The Kier molecular flexibility index (Phi) is 2.87. The zero-order valence-electron chi connectivity index (χ0n) is 9.08. The van der Waals surface area contributed by atoms with Crippen LogP contribution in [0.2, 0.25) is 5.02 Å². The van der Waals surface area contributed by atoms with Crippen molar-refractivity contribution in [2.24, 2.45) is 12.0 Å². The third-order valence-corrected chi connectivity index (χ3v) is 2.78. The molecule has 0 aromatic carbocycles. The maximum absolute atomic E-state index is 11.7. The smallest absolute Gasteiger partial charge is 0.356 e. The third-order valence-electron chi connectivity index (χ3n) is 2.41. The second kappa shape index (κ2) is 4.17. The van der Waals surface area contributed by atoms with Crippen molar-refractivity contribution in [1.29, 1.82) is 0 Å². The Bertz CT molecular complexity index is 465. The number of hydrogen-bond acceptors (Lipinski definition) is 4. The van der Waals surface area contributed by atoms with E-state index in [-0.39, 0.29) is 0 Å². The van der Waals surface area contributed by atoms with Gasteiger partial charge in [-0.3, -0.25) is 4.99 Å². The fraction of sp³-hybridized carbons (Fsp3) is 0.400. The number of aliphatic imine (C=N–C) groups is 1. The van der Waals surface area contributed by atoms with Crippen LogP contribution in [-0.4, -0.2) is 30.0 Å². The molecule has 16 heavy (non-hydrogen) atoms. The fourth-order valence-corrected chi connectivity index (χ4v) is 2.04. The summed E-state index contributed by atoms with van der Waals surface area (Å²) < 4.78 is 6.64. The number of carbonyl (C=O) groups excluding carboxylic acids is 1. The molecule has 0 saturated heterocycles. The van der Waals surface area contributed by atoms with E-state index in [1.807, 2.05) is 0 Å². The van der Waals surface area contributed by atoms with Crippen molar-refractivity contribution in [2.75, 3.05) is 18.6 Å². The Hall–Kier alpha value is -1.49. The number of nitrogens with one attached hydrogen (secondary N) is 1. The second-order valence-electron chi connectivity index (χ2n) is 3.35. The number of fused-ring (bicyclic) bond motifs is 1. The van der Waals surface area contributed by atoms with Gasteiger partial charge in [-0.2, -0.15) is 0 Å². The molecule has 0 fully saturated rings. The van der Waals surface area contributed by atoms with E-state index in [4.69, 9.17) is 16.3 Å². The lowest BCUT2D eigenvalue weighted by atomic mass is 10.3. The van der Waals surface area contributed by atoms with Crippen molar-refractivity contribution in [3.63, 3.8) is 0 Å². The first-order valence-electron chi connectivity index (χ1n) is 4.95. The zero-order chi connectivity index (χ0) is 11.7. The summed E-state index contributed by atoms with van der Waals surface area (Å²) in [5.74, 6) is -0.417. The van der Waals surface area contributed by atoms with Crippen LogP contribution in [0.25, 0.3) is 0 Å². The summed E-state index contributed by atoms with van der Waals surface area (Å²) in [4.78, 5) is 15.8. The minimum atomic E-state index is -0.417. The first-order chi connectivity index (χ1) is 7.66. The molecule has 6 heteroatoms. The molecule has 0 radical (unpaired) electrons. The van der Waals surface area contributed by atoms with Crippen molar-refractivity contribution >= 4 is 29.5 Å². The van der Waals surface area contributed by atoms with Gasteiger partial charge in [0.2, 0.25) is 0 Å². The highest BCUT2D eigenvalue weighted by Crippen LogP contribution is 2.33. The summed E-state index contributed by atoms with van der Waals surface area (Å²) >= 11 is 6.13. The van der Waals surface area contributed by atoms with Crippen LogP contribution >= 0.6 is 11.6 Å². The summed E-state index contributed by atoms with van der Waals surface area (Å²) in [7, 11) is 1.76. The molecule has 0 bridgehead atoms. The van der Waals surface area contributed by atoms with Gasteiger partial charge in [-0.1, -0.05) is 11.6 Å². The van der Waals surface area contributed by atoms with E-state index in [2.05, 4.69) is 10.3 Å². The molecule has 1 aliphatic heterocycles. The van der Waals surface area contributed by atoms with Crippen molar-refractivity contribution in [3.8, 4) is 0 Å². The van der Waals surface area contributed by atoms with E-state index in [0.717, 1.165) is 11.4 Å². The number of rotatable bonds is 2. The quantitative estimate of drug-likeness (QED) is 0.802. The average Bonchev–Trinajstić information content (AvgIpc) is 2.53. The molecule has 86 valence electrons. The fourth-order valence-electron chi connectivity index (χ4n) is 1.67. The summed E-state index contributed by atoms with van der Waals surface area (Å²) in [5.41, 5.74) is 1.89. The number of ether oxygens (including phenoxy) is 1. The Balaban J connectivity index is 2.51. The molecule has 1 aliphatic rings. The molecule has 0 spiro atoms. The standard InChI is InChI=1S/C10H12ClN3O2/c1-3-16-10(15)9-7(11)8-6(14(9)2)4-12-5-13-8/h4,13H,3,5H2,1-2H3. The number of esters is 1. The molecule has 0 saturated carbocycles. The molecule has 5 nitrogen and oxygen atoms in total. The zero-order valence-corrected chi connectivity index (χ0v) is 9.84. The monoisotopic (exact) mass is 241 g/mol. The van der Waals surface area contributed by atoms with E-state index < -0.39 is 5.97 Å². The first kappa shape index (κ1) is 11.0. The first-order valence-corrected chi connectivity index (χ1v) is 5.33. The molecule has 1 aromatic rings. The highest BCUT2D eigenvalue weighted by Gasteiger charge is 2.25. The third kappa shape index (κ3) is 1.57. The maximum Gasteiger partial charge on any atom is 0.356 e. The second-order valence-corrected chi connectivity index (χ2v) is 3.73. The van der Waals surface area contributed by atoms with Gasteiger partial charge in [0.15, 0.2) is 0 Å². The number of aromatic nitrogens is 1. The van der Waals surface area contributed by atoms with Gasteiger partial charge in [0.25, 0.3) is 0 Å². The predicted octanol–water partition coefficient (Wildman–Crippen LogP) is 1.66. The highest BCUT2D eigenvalue weighted by molar-refractivity contribution is 6.37. The van der Waals surface area contributed by atoms with Gasteiger partial charge < -0.3 is 14.6 Å². The van der Waals surface area contributed by atoms with Gasteiger partial charge in [0.1, 0.15) is 12.4 Å². The van der Waals surface area contributed by atoms with Gasteiger partial charge in [0, 0.05) is 13.3 Å². The number of hydrogen-bond donors (Lipinski definition) is 1. The van der Waals surface area contributed by atoms with Crippen molar-refractivity contribution in [3.05, 3.63) is 16.4 Å². The van der Waals surface area contributed by atoms with Crippen LogP contribution in [0.4, 0.5) is 5.69 Å².